The lowest BCUT2D eigenvalue weighted by Crippen LogP contribution is -2.43. The molecule has 0 N–H and O–H groups in total. The van der Waals surface area contributed by atoms with E-state index in [4.69, 9.17) is 9.47 Å². The minimum atomic E-state index is -0.681. The molecule has 0 aliphatic carbocycles. The van der Waals surface area contributed by atoms with Gasteiger partial charge in [-0.05, 0) is 61.5 Å². The topological polar surface area (TPSA) is 55.8 Å². The molecule has 132 valence electrons. The highest BCUT2D eigenvalue weighted by Crippen LogP contribution is 2.35. The molecule has 1 aromatic heterocycles. The van der Waals surface area contributed by atoms with Crippen LogP contribution in [0, 0.1) is 0 Å². The van der Waals surface area contributed by atoms with Crippen LogP contribution in [0.25, 0.3) is 0 Å². The number of esters is 1. The standard InChI is InChI=1S/C19H21NO4S/c1-12(2)24-14-6-4-13(5-7-14)18(21)20-10-8-16-15(9-11-25-16)17(20)19(22)23-3/h4-7,9,11-12,17H,8,10H2,1-3H3. The van der Waals surface area contributed by atoms with E-state index in [1.807, 2.05) is 25.3 Å². The van der Waals surface area contributed by atoms with Crippen LogP contribution < -0.4 is 4.74 Å². The monoisotopic (exact) mass is 359 g/mol. The molecule has 0 saturated heterocycles. The molecule has 1 unspecified atom stereocenters. The molecule has 3 rings (SSSR count). The van der Waals surface area contributed by atoms with Crippen molar-refractivity contribution in [2.24, 2.45) is 0 Å². The number of carbonyl (C=O) groups is 2. The van der Waals surface area contributed by atoms with E-state index in [0.717, 1.165) is 22.6 Å². The number of fused-ring (bicyclic) bond motifs is 1. The Labute approximate surface area is 151 Å². The minimum Gasteiger partial charge on any atom is -0.491 e. The van der Waals surface area contributed by atoms with Crippen LogP contribution >= 0.6 is 11.3 Å². The first-order valence-electron chi connectivity index (χ1n) is 8.23. The van der Waals surface area contributed by atoms with Crippen molar-refractivity contribution >= 4 is 23.2 Å². The average molecular weight is 359 g/mol. The predicted octanol–water partition coefficient (Wildman–Crippen LogP) is 3.45. The fourth-order valence-electron chi connectivity index (χ4n) is 3.02. The summed E-state index contributed by atoms with van der Waals surface area (Å²) in [5.74, 6) is 0.130. The molecule has 0 bridgehead atoms. The van der Waals surface area contributed by atoms with Gasteiger partial charge in [0, 0.05) is 17.0 Å². The van der Waals surface area contributed by atoms with Gasteiger partial charge in [-0.15, -0.1) is 11.3 Å². The van der Waals surface area contributed by atoms with Gasteiger partial charge in [-0.25, -0.2) is 4.79 Å². The Hall–Kier alpha value is -2.34. The molecule has 2 aromatic rings. The number of nitrogens with zero attached hydrogens (tertiary/aromatic N) is 1. The van der Waals surface area contributed by atoms with Crippen LogP contribution in [0.15, 0.2) is 35.7 Å². The molecule has 1 amide bonds. The molecule has 1 aliphatic rings. The second-order valence-corrected chi connectivity index (χ2v) is 7.17. The first-order chi connectivity index (χ1) is 12.0. The van der Waals surface area contributed by atoms with Crippen LogP contribution in [0.4, 0.5) is 0 Å². The number of ether oxygens (including phenoxy) is 2. The molecule has 6 heteroatoms. The lowest BCUT2D eigenvalue weighted by Gasteiger charge is -2.34. The first-order valence-corrected chi connectivity index (χ1v) is 9.11. The minimum absolute atomic E-state index is 0.0735. The van der Waals surface area contributed by atoms with Gasteiger partial charge in [0.2, 0.25) is 0 Å². The number of hydrogen-bond acceptors (Lipinski definition) is 5. The number of hydrogen-bond donors (Lipinski definition) is 0. The summed E-state index contributed by atoms with van der Waals surface area (Å²) >= 11 is 1.61. The molecule has 1 atom stereocenters. The average Bonchev–Trinajstić information content (AvgIpc) is 3.08. The molecule has 0 saturated carbocycles. The lowest BCUT2D eigenvalue weighted by molar-refractivity contribution is -0.146. The van der Waals surface area contributed by atoms with Crippen LogP contribution in [0.1, 0.15) is 40.7 Å². The van der Waals surface area contributed by atoms with Crippen molar-refractivity contribution in [2.75, 3.05) is 13.7 Å². The van der Waals surface area contributed by atoms with Gasteiger partial charge >= 0.3 is 5.97 Å². The predicted molar refractivity (Wildman–Crippen MR) is 96.0 cm³/mol. The van der Waals surface area contributed by atoms with Gasteiger partial charge in [-0.1, -0.05) is 0 Å². The van der Waals surface area contributed by atoms with Gasteiger partial charge in [-0.3, -0.25) is 4.79 Å². The van der Waals surface area contributed by atoms with Gasteiger partial charge in [0.05, 0.1) is 13.2 Å². The Kier molecular flexibility index (Phi) is 5.08. The molecule has 5 nitrogen and oxygen atoms in total. The van der Waals surface area contributed by atoms with E-state index in [9.17, 15) is 9.59 Å². The Morgan fingerprint density at radius 1 is 1.20 bits per heavy atom. The third-order valence-electron chi connectivity index (χ3n) is 4.12. The number of rotatable bonds is 4. The van der Waals surface area contributed by atoms with Crippen LogP contribution in [0.2, 0.25) is 0 Å². The molecule has 1 aliphatic heterocycles. The van der Waals surface area contributed by atoms with E-state index in [-0.39, 0.29) is 12.0 Å². The molecule has 0 fully saturated rings. The highest BCUT2D eigenvalue weighted by Gasteiger charge is 2.37. The van der Waals surface area contributed by atoms with E-state index in [2.05, 4.69) is 0 Å². The summed E-state index contributed by atoms with van der Waals surface area (Å²) < 4.78 is 10.6. The Bertz CT molecular complexity index is 766. The largest absolute Gasteiger partial charge is 0.491 e. The second-order valence-electron chi connectivity index (χ2n) is 6.16. The van der Waals surface area contributed by atoms with E-state index >= 15 is 0 Å². The highest BCUT2D eigenvalue weighted by molar-refractivity contribution is 7.10. The summed E-state index contributed by atoms with van der Waals surface area (Å²) in [6.07, 6.45) is 0.824. The Balaban J connectivity index is 1.86. The van der Waals surface area contributed by atoms with Crippen molar-refractivity contribution < 1.29 is 19.1 Å². The van der Waals surface area contributed by atoms with Gasteiger partial charge < -0.3 is 14.4 Å². The fraction of sp³-hybridized carbons (Fsp3) is 0.368. The zero-order valence-corrected chi connectivity index (χ0v) is 15.3. The molecule has 25 heavy (non-hydrogen) atoms. The van der Waals surface area contributed by atoms with Crippen molar-refractivity contribution in [1.29, 1.82) is 0 Å². The number of methoxy groups -OCH3 is 1. The lowest BCUT2D eigenvalue weighted by atomic mass is 9.98. The zero-order chi connectivity index (χ0) is 18.0. The number of amides is 1. The van der Waals surface area contributed by atoms with Gasteiger partial charge in [0.1, 0.15) is 5.75 Å². The van der Waals surface area contributed by atoms with Gasteiger partial charge in [0.25, 0.3) is 5.91 Å². The number of thiophene rings is 1. The Morgan fingerprint density at radius 3 is 2.56 bits per heavy atom. The summed E-state index contributed by atoms with van der Waals surface area (Å²) in [6.45, 7) is 4.40. The maximum atomic E-state index is 13.0. The van der Waals surface area contributed by atoms with Crippen LogP contribution in [-0.2, 0) is 16.0 Å². The highest BCUT2D eigenvalue weighted by atomic mass is 32.1. The molecule has 0 spiro atoms. The molecule has 2 heterocycles. The van der Waals surface area contributed by atoms with Crippen molar-refractivity contribution in [3.05, 3.63) is 51.7 Å². The third kappa shape index (κ3) is 3.54. The van der Waals surface area contributed by atoms with Gasteiger partial charge in [-0.2, -0.15) is 0 Å². The zero-order valence-electron chi connectivity index (χ0n) is 14.5. The molecular formula is C19H21NO4S. The van der Waals surface area contributed by atoms with E-state index < -0.39 is 12.0 Å². The van der Waals surface area contributed by atoms with Crippen molar-refractivity contribution in [2.45, 2.75) is 32.4 Å². The molecule has 1 aromatic carbocycles. The number of carbonyl (C=O) groups excluding carboxylic acids is 2. The van der Waals surface area contributed by atoms with Crippen molar-refractivity contribution in [1.82, 2.24) is 4.90 Å². The maximum Gasteiger partial charge on any atom is 0.333 e. The molecular weight excluding hydrogens is 338 g/mol. The SMILES string of the molecule is COC(=O)C1c2ccsc2CCN1C(=O)c1ccc(OC(C)C)cc1. The second kappa shape index (κ2) is 7.27. The van der Waals surface area contributed by atoms with Crippen LogP contribution in [0.5, 0.6) is 5.75 Å². The van der Waals surface area contributed by atoms with E-state index in [1.54, 1.807) is 40.5 Å². The van der Waals surface area contributed by atoms with E-state index in [1.165, 1.54) is 7.11 Å². The van der Waals surface area contributed by atoms with Crippen molar-refractivity contribution in [3.63, 3.8) is 0 Å². The first kappa shape index (κ1) is 17.5. The smallest absolute Gasteiger partial charge is 0.333 e. The summed E-state index contributed by atoms with van der Waals surface area (Å²) in [5, 5.41) is 1.95. The van der Waals surface area contributed by atoms with Crippen LogP contribution in [-0.4, -0.2) is 36.5 Å². The van der Waals surface area contributed by atoms with Crippen molar-refractivity contribution in [3.8, 4) is 5.75 Å². The fourth-order valence-corrected chi connectivity index (χ4v) is 3.92. The normalized spacial score (nSPS) is 16.5. The van der Waals surface area contributed by atoms with Crippen LogP contribution in [0.3, 0.4) is 0 Å². The maximum absolute atomic E-state index is 13.0. The summed E-state index contributed by atoms with van der Waals surface area (Å²) in [7, 11) is 1.35. The summed E-state index contributed by atoms with van der Waals surface area (Å²) in [4.78, 5) is 28.0. The number of benzene rings is 1. The van der Waals surface area contributed by atoms with E-state index in [0.29, 0.717) is 12.1 Å². The quantitative estimate of drug-likeness (QED) is 0.785. The summed E-state index contributed by atoms with van der Waals surface area (Å²) in [6, 6.07) is 8.25. The molecule has 0 radical (unpaired) electrons. The third-order valence-corrected chi connectivity index (χ3v) is 5.12. The Morgan fingerprint density at radius 2 is 1.92 bits per heavy atom. The summed E-state index contributed by atoms with van der Waals surface area (Å²) in [5.41, 5.74) is 1.40. The van der Waals surface area contributed by atoms with Gasteiger partial charge in [0.15, 0.2) is 6.04 Å².